The molecule has 0 aromatic heterocycles. The fraction of sp³-hybridized carbons (Fsp3) is 0.364. The van der Waals surface area contributed by atoms with Crippen LogP contribution < -0.4 is 0 Å². The Bertz CT molecular complexity index is 397. The van der Waals surface area contributed by atoms with Crippen molar-refractivity contribution in [3.8, 4) is 0 Å². The molecule has 2 unspecified atom stereocenters. The quantitative estimate of drug-likeness (QED) is 0.618. The molecule has 3 rings (SSSR count). The van der Waals surface area contributed by atoms with Gasteiger partial charge in [0.1, 0.15) is 5.78 Å². The minimum Gasteiger partial charge on any atom is -0.299 e. The molecule has 0 amide bonds. The first-order valence-corrected chi connectivity index (χ1v) is 4.94. The summed E-state index contributed by atoms with van der Waals surface area (Å²) in [6.07, 6.45) is 1.67. The van der Waals surface area contributed by atoms with E-state index in [1.807, 2.05) is 12.1 Å². The van der Waals surface area contributed by atoms with Crippen LogP contribution in [0.4, 0.5) is 0 Å². The van der Waals surface area contributed by atoms with E-state index in [9.17, 15) is 4.79 Å². The van der Waals surface area contributed by atoms with Crippen LogP contribution in [0.5, 0.6) is 0 Å². The van der Waals surface area contributed by atoms with Crippen LogP contribution in [0.25, 0.3) is 0 Å². The molecular weight excluding hydrogens is 184 g/mol. The molecule has 1 aromatic rings. The van der Waals surface area contributed by atoms with Crippen LogP contribution in [0.3, 0.4) is 0 Å². The Hall–Kier alpha value is -0.820. The monoisotopic (exact) mass is 192 g/mol. The van der Waals surface area contributed by atoms with Gasteiger partial charge in [-0.3, -0.25) is 4.79 Å². The summed E-state index contributed by atoms with van der Waals surface area (Å²) in [5.41, 5.74) is 2.64. The third-order valence-electron chi connectivity index (χ3n) is 3.26. The molecule has 1 nitrogen and oxygen atoms in total. The van der Waals surface area contributed by atoms with E-state index in [1.54, 1.807) is 0 Å². The van der Waals surface area contributed by atoms with Crippen LogP contribution in [-0.2, 0) is 11.2 Å². The minimum absolute atomic E-state index is 0.286. The number of carbonyl (C=O) groups is 1. The smallest absolute Gasteiger partial charge is 0.137 e. The summed E-state index contributed by atoms with van der Waals surface area (Å²) >= 11 is 5.89. The second-order valence-corrected chi connectivity index (χ2v) is 4.37. The van der Waals surface area contributed by atoms with Gasteiger partial charge in [0.25, 0.3) is 0 Å². The van der Waals surface area contributed by atoms with Gasteiger partial charge in [0, 0.05) is 23.3 Å². The molecule has 0 saturated heterocycles. The summed E-state index contributed by atoms with van der Waals surface area (Å²) in [5.74, 6) is 1.23. The standard InChI is InChI=1S/C11H9ClO/c12-7-1-2-8-6(3-7)4-10-9(8)5-11(10)13/h1-3,9-10H,4-5H2. The molecule has 66 valence electrons. The van der Waals surface area contributed by atoms with Gasteiger partial charge in [-0.2, -0.15) is 0 Å². The Kier molecular flexibility index (Phi) is 1.37. The summed E-state index contributed by atoms with van der Waals surface area (Å²) in [4.78, 5) is 11.2. The zero-order valence-electron chi connectivity index (χ0n) is 7.09. The van der Waals surface area contributed by atoms with Crippen molar-refractivity contribution in [2.75, 3.05) is 0 Å². The maximum atomic E-state index is 11.2. The number of hydrogen-bond acceptors (Lipinski definition) is 1. The first-order valence-electron chi connectivity index (χ1n) is 4.57. The molecule has 2 atom stereocenters. The Balaban J connectivity index is 2.09. The Morgan fingerprint density at radius 1 is 1.23 bits per heavy atom. The Labute approximate surface area is 81.7 Å². The molecule has 0 aliphatic heterocycles. The molecule has 0 radical (unpaired) electrons. The molecule has 2 heteroatoms. The number of rotatable bonds is 0. The fourth-order valence-electron chi connectivity index (χ4n) is 2.51. The molecule has 0 N–H and O–H groups in total. The van der Waals surface area contributed by atoms with E-state index in [4.69, 9.17) is 11.6 Å². The number of carbonyl (C=O) groups excluding carboxylic acids is 1. The van der Waals surface area contributed by atoms with E-state index in [2.05, 4.69) is 6.07 Å². The first-order chi connectivity index (χ1) is 6.25. The first kappa shape index (κ1) is 7.57. The van der Waals surface area contributed by atoms with Gasteiger partial charge in [-0.25, -0.2) is 0 Å². The normalized spacial score (nSPS) is 29.5. The lowest BCUT2D eigenvalue weighted by atomic mass is 9.73. The topological polar surface area (TPSA) is 17.1 Å². The number of fused-ring (bicyclic) bond motifs is 3. The second-order valence-electron chi connectivity index (χ2n) is 3.93. The van der Waals surface area contributed by atoms with E-state index in [0.29, 0.717) is 11.7 Å². The largest absolute Gasteiger partial charge is 0.299 e. The lowest BCUT2D eigenvalue weighted by molar-refractivity contribution is -0.130. The summed E-state index contributed by atoms with van der Waals surface area (Å²) in [5, 5.41) is 0.785. The maximum absolute atomic E-state index is 11.2. The van der Waals surface area contributed by atoms with Crippen LogP contribution in [0.1, 0.15) is 23.5 Å². The molecule has 2 aliphatic carbocycles. The zero-order valence-corrected chi connectivity index (χ0v) is 7.84. The third-order valence-corrected chi connectivity index (χ3v) is 3.50. The van der Waals surface area contributed by atoms with Gasteiger partial charge in [0.05, 0.1) is 0 Å². The highest BCUT2D eigenvalue weighted by atomic mass is 35.5. The molecule has 1 aromatic carbocycles. The van der Waals surface area contributed by atoms with E-state index < -0.39 is 0 Å². The summed E-state index contributed by atoms with van der Waals surface area (Å²) < 4.78 is 0. The van der Waals surface area contributed by atoms with Gasteiger partial charge in [-0.15, -0.1) is 0 Å². The Morgan fingerprint density at radius 2 is 2.08 bits per heavy atom. The molecule has 13 heavy (non-hydrogen) atoms. The molecule has 0 heterocycles. The highest BCUT2D eigenvalue weighted by Gasteiger charge is 2.45. The summed E-state index contributed by atoms with van der Waals surface area (Å²) in [6.45, 7) is 0. The lowest BCUT2D eigenvalue weighted by Crippen LogP contribution is -2.31. The Morgan fingerprint density at radius 3 is 2.85 bits per heavy atom. The van der Waals surface area contributed by atoms with Crippen LogP contribution in [0.15, 0.2) is 18.2 Å². The number of Topliss-reactive ketones (excluding diaryl/α,β-unsaturated/α-hetero) is 1. The van der Waals surface area contributed by atoms with Crippen molar-refractivity contribution in [3.63, 3.8) is 0 Å². The van der Waals surface area contributed by atoms with Crippen molar-refractivity contribution in [2.45, 2.75) is 18.8 Å². The van der Waals surface area contributed by atoms with Gasteiger partial charge >= 0.3 is 0 Å². The van der Waals surface area contributed by atoms with Gasteiger partial charge in [-0.05, 0) is 29.7 Å². The maximum Gasteiger partial charge on any atom is 0.137 e. The molecule has 2 aliphatic rings. The van der Waals surface area contributed by atoms with Crippen molar-refractivity contribution in [1.29, 1.82) is 0 Å². The van der Waals surface area contributed by atoms with Crippen molar-refractivity contribution in [2.24, 2.45) is 5.92 Å². The van der Waals surface area contributed by atoms with Gasteiger partial charge < -0.3 is 0 Å². The van der Waals surface area contributed by atoms with Crippen molar-refractivity contribution < 1.29 is 4.79 Å². The number of halogens is 1. The van der Waals surface area contributed by atoms with Gasteiger partial charge in [0.15, 0.2) is 0 Å². The predicted octanol–water partition coefficient (Wildman–Crippen LogP) is 2.57. The highest BCUT2D eigenvalue weighted by molar-refractivity contribution is 6.30. The van der Waals surface area contributed by atoms with E-state index >= 15 is 0 Å². The molecule has 0 bridgehead atoms. The zero-order chi connectivity index (χ0) is 9.00. The van der Waals surface area contributed by atoms with Crippen molar-refractivity contribution in [1.82, 2.24) is 0 Å². The number of benzene rings is 1. The SMILES string of the molecule is O=C1CC2c3ccc(Cl)cc3CC12. The van der Waals surface area contributed by atoms with Crippen molar-refractivity contribution in [3.05, 3.63) is 34.3 Å². The summed E-state index contributed by atoms with van der Waals surface area (Å²) in [6, 6.07) is 6.00. The van der Waals surface area contributed by atoms with E-state index in [1.165, 1.54) is 11.1 Å². The third kappa shape index (κ3) is 0.910. The molecule has 0 spiro atoms. The second kappa shape index (κ2) is 2.36. The van der Waals surface area contributed by atoms with Gasteiger partial charge in [0.2, 0.25) is 0 Å². The highest BCUT2D eigenvalue weighted by Crippen LogP contribution is 2.49. The molecule has 1 fully saturated rings. The fourth-order valence-corrected chi connectivity index (χ4v) is 2.70. The van der Waals surface area contributed by atoms with Gasteiger partial charge in [-0.1, -0.05) is 17.7 Å². The van der Waals surface area contributed by atoms with Crippen LogP contribution in [-0.4, -0.2) is 5.78 Å². The summed E-state index contributed by atoms with van der Waals surface area (Å²) in [7, 11) is 0. The minimum atomic E-state index is 0.286. The molecule has 1 saturated carbocycles. The van der Waals surface area contributed by atoms with E-state index in [0.717, 1.165) is 17.9 Å². The predicted molar refractivity (Wildman–Crippen MR) is 51.0 cm³/mol. The van der Waals surface area contributed by atoms with Crippen LogP contribution in [0, 0.1) is 5.92 Å². The van der Waals surface area contributed by atoms with Crippen molar-refractivity contribution >= 4 is 17.4 Å². The number of hydrogen-bond donors (Lipinski definition) is 0. The lowest BCUT2D eigenvalue weighted by Gasteiger charge is -2.28. The average molecular weight is 193 g/mol. The van der Waals surface area contributed by atoms with Crippen LogP contribution >= 0.6 is 11.6 Å². The average Bonchev–Trinajstić information content (AvgIpc) is 2.39. The van der Waals surface area contributed by atoms with Crippen LogP contribution in [0.2, 0.25) is 5.02 Å². The molecular formula is C11H9ClO. The van der Waals surface area contributed by atoms with E-state index in [-0.39, 0.29) is 5.92 Å². The number of ketones is 1.